The number of H-pyrrole nitrogens is 1. The molecule has 0 aliphatic heterocycles. The fourth-order valence-corrected chi connectivity index (χ4v) is 4.68. The molecule has 4 rings (SSSR count). The highest BCUT2D eigenvalue weighted by Crippen LogP contribution is 2.34. The lowest BCUT2D eigenvalue weighted by Crippen LogP contribution is -2.14. The van der Waals surface area contributed by atoms with Crippen LogP contribution in [-0.4, -0.2) is 9.97 Å². The Hall–Kier alpha value is -2.14. The molecule has 1 aliphatic carbocycles. The Labute approximate surface area is 145 Å². The van der Waals surface area contributed by atoms with Crippen LogP contribution < -0.4 is 10.9 Å². The molecule has 0 saturated heterocycles. The molecule has 124 valence electrons. The number of hydrogen-bond donors (Lipinski definition) is 2. The smallest absolute Gasteiger partial charge is 0.259 e. The number of aryl methyl sites for hydroxylation is 3. The predicted molar refractivity (Wildman–Crippen MR) is 100 cm³/mol. The average molecular weight is 339 g/mol. The minimum atomic E-state index is 0.00879. The van der Waals surface area contributed by atoms with Crippen LogP contribution >= 0.6 is 11.3 Å². The van der Waals surface area contributed by atoms with Crippen molar-refractivity contribution in [2.75, 3.05) is 5.32 Å². The minimum Gasteiger partial charge on any atom is -0.378 e. The van der Waals surface area contributed by atoms with Gasteiger partial charge in [-0.3, -0.25) is 4.79 Å². The van der Waals surface area contributed by atoms with Crippen LogP contribution in [0.25, 0.3) is 10.2 Å². The van der Waals surface area contributed by atoms with Crippen molar-refractivity contribution >= 4 is 27.2 Å². The first-order valence-electron chi connectivity index (χ1n) is 8.61. The molecule has 0 amide bonds. The summed E-state index contributed by atoms with van der Waals surface area (Å²) < 4.78 is 0. The van der Waals surface area contributed by atoms with Crippen LogP contribution in [0.15, 0.2) is 29.1 Å². The number of fused-ring (bicyclic) bond motifs is 3. The summed E-state index contributed by atoms with van der Waals surface area (Å²) in [6, 6.07) is 8.46. The Morgan fingerprint density at radius 1 is 1.25 bits per heavy atom. The summed E-state index contributed by atoms with van der Waals surface area (Å²) in [5.74, 6) is 0.699. The Bertz CT molecular complexity index is 924. The van der Waals surface area contributed by atoms with E-state index in [0.29, 0.717) is 12.4 Å². The molecule has 1 aliphatic rings. The normalized spacial score (nSPS) is 13.4. The lowest BCUT2D eigenvalue weighted by atomic mass is 10.1. The van der Waals surface area contributed by atoms with Crippen LogP contribution in [-0.2, 0) is 25.8 Å². The van der Waals surface area contributed by atoms with Gasteiger partial charge in [0.25, 0.3) is 5.56 Å². The molecule has 0 spiro atoms. The van der Waals surface area contributed by atoms with E-state index in [1.165, 1.54) is 16.0 Å². The Kier molecular flexibility index (Phi) is 4.10. The molecule has 0 bridgehead atoms. The highest BCUT2D eigenvalue weighted by Gasteiger charge is 2.20. The second-order valence-electron chi connectivity index (χ2n) is 6.35. The molecule has 4 nitrogen and oxygen atoms in total. The maximum Gasteiger partial charge on any atom is 0.259 e. The summed E-state index contributed by atoms with van der Waals surface area (Å²) in [5, 5.41) is 4.16. The number of nitrogens with zero attached hydrogens (tertiary/aromatic N) is 1. The predicted octanol–water partition coefficient (Wildman–Crippen LogP) is 4.04. The van der Waals surface area contributed by atoms with Crippen LogP contribution in [0.2, 0.25) is 0 Å². The highest BCUT2D eigenvalue weighted by atomic mass is 32.1. The highest BCUT2D eigenvalue weighted by molar-refractivity contribution is 7.18. The topological polar surface area (TPSA) is 57.8 Å². The third-order valence-corrected chi connectivity index (χ3v) is 5.76. The summed E-state index contributed by atoms with van der Waals surface area (Å²) in [5.41, 5.74) is 3.64. The molecule has 24 heavy (non-hydrogen) atoms. The zero-order chi connectivity index (χ0) is 16.5. The fourth-order valence-electron chi connectivity index (χ4n) is 3.39. The Morgan fingerprint density at radius 3 is 2.88 bits per heavy atom. The molecule has 3 aromatic rings. The fraction of sp³-hybridized carbons (Fsp3) is 0.368. The maximum absolute atomic E-state index is 12.4. The second-order valence-corrected chi connectivity index (χ2v) is 7.43. The van der Waals surface area contributed by atoms with Gasteiger partial charge in [-0.1, -0.05) is 25.5 Å². The zero-order valence-corrected chi connectivity index (χ0v) is 14.6. The minimum absolute atomic E-state index is 0.00879. The molecule has 0 saturated carbocycles. The van der Waals surface area contributed by atoms with E-state index in [0.717, 1.165) is 48.0 Å². The van der Waals surface area contributed by atoms with E-state index in [4.69, 9.17) is 0 Å². The van der Waals surface area contributed by atoms with E-state index >= 15 is 0 Å². The number of rotatable bonds is 5. The summed E-state index contributed by atoms with van der Waals surface area (Å²) >= 11 is 1.68. The van der Waals surface area contributed by atoms with E-state index in [-0.39, 0.29) is 5.56 Å². The van der Waals surface area contributed by atoms with Crippen molar-refractivity contribution in [3.63, 3.8) is 0 Å². The number of aromatic amines is 1. The van der Waals surface area contributed by atoms with Gasteiger partial charge in [0.2, 0.25) is 0 Å². The van der Waals surface area contributed by atoms with Gasteiger partial charge in [-0.2, -0.15) is 0 Å². The van der Waals surface area contributed by atoms with Gasteiger partial charge in [-0.15, -0.1) is 11.3 Å². The Morgan fingerprint density at radius 2 is 2.08 bits per heavy atom. The first-order chi connectivity index (χ1) is 11.7. The molecule has 0 unspecified atom stereocenters. The van der Waals surface area contributed by atoms with Crippen LogP contribution in [0.5, 0.6) is 0 Å². The first kappa shape index (κ1) is 15.4. The van der Waals surface area contributed by atoms with Crippen molar-refractivity contribution in [3.05, 3.63) is 56.4 Å². The van der Waals surface area contributed by atoms with Crippen LogP contribution in [0, 0.1) is 0 Å². The molecule has 1 aromatic carbocycles. The van der Waals surface area contributed by atoms with Gasteiger partial charge >= 0.3 is 0 Å². The molecule has 2 N–H and O–H groups in total. The maximum atomic E-state index is 12.4. The van der Waals surface area contributed by atoms with Crippen molar-refractivity contribution in [2.45, 2.75) is 45.6 Å². The van der Waals surface area contributed by atoms with E-state index in [1.807, 2.05) is 0 Å². The number of benzene rings is 1. The van der Waals surface area contributed by atoms with Gasteiger partial charge in [0.05, 0.1) is 11.9 Å². The number of thiophene rings is 1. The number of hydrogen-bond acceptors (Lipinski definition) is 4. The monoisotopic (exact) mass is 339 g/mol. The molecular weight excluding hydrogens is 318 g/mol. The number of aromatic nitrogens is 2. The van der Waals surface area contributed by atoms with Gasteiger partial charge in [-0.05, 0) is 48.9 Å². The lowest BCUT2D eigenvalue weighted by Gasteiger charge is -2.07. The van der Waals surface area contributed by atoms with Gasteiger partial charge in [-0.25, -0.2) is 4.98 Å². The van der Waals surface area contributed by atoms with Gasteiger partial charge < -0.3 is 10.3 Å². The molecule has 2 heterocycles. The van der Waals surface area contributed by atoms with Crippen LogP contribution in [0.3, 0.4) is 0 Å². The SMILES string of the molecule is CCCc1ccc(NCc2nc3sc4c(c3c(=O)[nH]2)CCC4)cc1. The first-order valence-corrected chi connectivity index (χ1v) is 9.42. The molecule has 0 radical (unpaired) electrons. The molecule has 0 fully saturated rings. The summed E-state index contributed by atoms with van der Waals surface area (Å²) in [6.07, 6.45) is 5.53. The van der Waals surface area contributed by atoms with Crippen LogP contribution in [0.1, 0.15) is 41.6 Å². The van der Waals surface area contributed by atoms with E-state index in [9.17, 15) is 4.79 Å². The molecular formula is C19H21N3OS. The van der Waals surface area contributed by atoms with Crippen molar-refractivity contribution in [2.24, 2.45) is 0 Å². The largest absolute Gasteiger partial charge is 0.378 e. The van der Waals surface area contributed by atoms with Crippen molar-refractivity contribution in [3.8, 4) is 0 Å². The van der Waals surface area contributed by atoms with Gasteiger partial charge in [0, 0.05) is 10.6 Å². The average Bonchev–Trinajstić information content (AvgIpc) is 3.15. The van der Waals surface area contributed by atoms with E-state index < -0.39 is 0 Å². The third-order valence-electron chi connectivity index (χ3n) is 4.58. The number of nitrogens with one attached hydrogen (secondary N) is 2. The summed E-state index contributed by atoms with van der Waals surface area (Å²) in [4.78, 5) is 22.3. The second kappa shape index (κ2) is 6.40. The summed E-state index contributed by atoms with van der Waals surface area (Å²) in [7, 11) is 0. The van der Waals surface area contributed by atoms with Gasteiger partial charge in [0.1, 0.15) is 10.7 Å². The standard InChI is InChI=1S/C19H21N3OS/c1-2-4-12-7-9-13(10-8-12)20-11-16-21-18(23)17-14-5-3-6-15(14)24-19(17)22-16/h7-10,20H,2-6,11H2,1H3,(H,21,22,23). The van der Waals surface area contributed by atoms with Crippen LogP contribution in [0.4, 0.5) is 5.69 Å². The molecule has 2 aromatic heterocycles. The summed E-state index contributed by atoms with van der Waals surface area (Å²) in [6.45, 7) is 2.71. The van der Waals surface area contributed by atoms with Crippen molar-refractivity contribution in [1.82, 2.24) is 9.97 Å². The molecule has 0 atom stereocenters. The van der Waals surface area contributed by atoms with Crippen molar-refractivity contribution in [1.29, 1.82) is 0 Å². The quantitative estimate of drug-likeness (QED) is 0.737. The Balaban J connectivity index is 1.53. The number of anilines is 1. The molecule has 5 heteroatoms. The lowest BCUT2D eigenvalue weighted by molar-refractivity contribution is 0.913. The van der Waals surface area contributed by atoms with Gasteiger partial charge in [0.15, 0.2) is 0 Å². The zero-order valence-electron chi connectivity index (χ0n) is 13.8. The van der Waals surface area contributed by atoms with Crippen molar-refractivity contribution < 1.29 is 0 Å². The van der Waals surface area contributed by atoms with E-state index in [2.05, 4.69) is 46.5 Å². The van der Waals surface area contributed by atoms with E-state index in [1.54, 1.807) is 11.3 Å². The third kappa shape index (κ3) is 2.84.